The lowest BCUT2D eigenvalue weighted by Gasteiger charge is -1.99. The van der Waals surface area contributed by atoms with Crippen LogP contribution in [-0.2, 0) is 6.42 Å². The molecule has 2 aromatic heterocycles. The van der Waals surface area contributed by atoms with E-state index in [0.29, 0.717) is 18.4 Å². The molecular formula is C10H11FN2O. The Morgan fingerprint density at radius 3 is 3.14 bits per heavy atom. The quantitative estimate of drug-likeness (QED) is 0.801. The van der Waals surface area contributed by atoms with Crippen molar-refractivity contribution in [2.24, 2.45) is 0 Å². The van der Waals surface area contributed by atoms with Crippen molar-refractivity contribution in [3.05, 3.63) is 36.2 Å². The second-order valence-electron chi connectivity index (χ2n) is 3.11. The summed E-state index contributed by atoms with van der Waals surface area (Å²) in [6.07, 6.45) is 4.60. The summed E-state index contributed by atoms with van der Waals surface area (Å²) < 4.78 is 14.9. The van der Waals surface area contributed by atoms with E-state index in [9.17, 15) is 4.39 Å². The number of pyridine rings is 1. The molecule has 0 aliphatic carbocycles. The number of aryl methyl sites for hydroxylation is 1. The first kappa shape index (κ1) is 9.15. The maximum absolute atomic E-state index is 13.2. The van der Waals surface area contributed by atoms with Crippen molar-refractivity contribution < 1.29 is 9.50 Å². The van der Waals surface area contributed by atoms with Crippen molar-refractivity contribution in [1.29, 1.82) is 0 Å². The summed E-state index contributed by atoms with van der Waals surface area (Å²) in [5, 5.41) is 8.68. The molecule has 0 saturated carbocycles. The van der Waals surface area contributed by atoms with Crippen LogP contribution in [0.5, 0.6) is 0 Å². The molecule has 0 spiro atoms. The van der Waals surface area contributed by atoms with Gasteiger partial charge in [-0.1, -0.05) is 0 Å². The highest BCUT2D eigenvalue weighted by molar-refractivity contribution is 5.47. The van der Waals surface area contributed by atoms with Crippen LogP contribution in [0.1, 0.15) is 12.2 Å². The van der Waals surface area contributed by atoms with Crippen molar-refractivity contribution in [1.82, 2.24) is 9.38 Å². The smallest absolute Gasteiger partial charge is 0.148 e. The Hall–Kier alpha value is -1.42. The van der Waals surface area contributed by atoms with E-state index >= 15 is 0 Å². The van der Waals surface area contributed by atoms with E-state index in [2.05, 4.69) is 4.98 Å². The Labute approximate surface area is 80.8 Å². The molecule has 0 bridgehead atoms. The average molecular weight is 194 g/mol. The zero-order chi connectivity index (χ0) is 9.97. The molecular weight excluding hydrogens is 183 g/mol. The van der Waals surface area contributed by atoms with Gasteiger partial charge in [0.2, 0.25) is 0 Å². The Bertz CT molecular complexity index is 439. The highest BCUT2D eigenvalue weighted by Crippen LogP contribution is 2.11. The van der Waals surface area contributed by atoms with Crippen LogP contribution in [0.25, 0.3) is 5.52 Å². The van der Waals surface area contributed by atoms with Crippen molar-refractivity contribution in [3.63, 3.8) is 0 Å². The van der Waals surface area contributed by atoms with Crippen molar-refractivity contribution in [2.75, 3.05) is 6.61 Å². The first-order valence-corrected chi connectivity index (χ1v) is 4.54. The highest BCUT2D eigenvalue weighted by atomic mass is 19.1. The van der Waals surface area contributed by atoms with E-state index < -0.39 is 0 Å². The first-order valence-electron chi connectivity index (χ1n) is 4.54. The van der Waals surface area contributed by atoms with E-state index in [-0.39, 0.29) is 12.4 Å². The van der Waals surface area contributed by atoms with Gasteiger partial charge in [-0.15, -0.1) is 0 Å². The molecule has 2 aromatic rings. The molecule has 0 saturated heterocycles. The number of nitrogens with zero attached hydrogens (tertiary/aromatic N) is 2. The van der Waals surface area contributed by atoms with Gasteiger partial charge in [0.25, 0.3) is 0 Å². The molecule has 0 aromatic carbocycles. The maximum atomic E-state index is 13.2. The van der Waals surface area contributed by atoms with Crippen LogP contribution >= 0.6 is 0 Å². The highest BCUT2D eigenvalue weighted by Gasteiger charge is 2.05. The minimum atomic E-state index is -0.268. The van der Waals surface area contributed by atoms with Gasteiger partial charge in [0, 0.05) is 19.2 Å². The van der Waals surface area contributed by atoms with Crippen LogP contribution in [0.15, 0.2) is 24.5 Å². The number of hydrogen-bond donors (Lipinski definition) is 1. The molecule has 2 rings (SSSR count). The van der Waals surface area contributed by atoms with Gasteiger partial charge in [-0.25, -0.2) is 9.37 Å². The molecule has 14 heavy (non-hydrogen) atoms. The zero-order valence-corrected chi connectivity index (χ0v) is 7.65. The monoisotopic (exact) mass is 194 g/mol. The van der Waals surface area contributed by atoms with E-state index in [4.69, 9.17) is 5.11 Å². The lowest BCUT2D eigenvalue weighted by molar-refractivity contribution is 0.287. The fraction of sp³-hybridized carbons (Fsp3) is 0.300. The molecule has 0 unspecified atom stereocenters. The number of hydrogen-bond acceptors (Lipinski definition) is 2. The minimum absolute atomic E-state index is 0.129. The number of rotatable bonds is 3. The summed E-state index contributed by atoms with van der Waals surface area (Å²) >= 11 is 0. The Balaban J connectivity index is 2.42. The lowest BCUT2D eigenvalue weighted by Crippen LogP contribution is -1.97. The van der Waals surface area contributed by atoms with E-state index in [0.717, 1.165) is 5.82 Å². The summed E-state index contributed by atoms with van der Waals surface area (Å²) in [4.78, 5) is 4.11. The lowest BCUT2D eigenvalue weighted by atomic mass is 10.3. The van der Waals surface area contributed by atoms with Crippen LogP contribution in [-0.4, -0.2) is 21.1 Å². The summed E-state index contributed by atoms with van der Waals surface area (Å²) in [6, 6.07) is 3.05. The third-order valence-corrected chi connectivity index (χ3v) is 2.15. The molecule has 3 nitrogen and oxygen atoms in total. The number of aromatic nitrogens is 2. The Morgan fingerprint density at radius 1 is 1.50 bits per heavy atom. The second-order valence-corrected chi connectivity index (χ2v) is 3.11. The van der Waals surface area contributed by atoms with Crippen LogP contribution < -0.4 is 0 Å². The number of aliphatic hydroxyl groups excluding tert-OH is 1. The third kappa shape index (κ3) is 1.48. The van der Waals surface area contributed by atoms with Crippen molar-refractivity contribution in [3.8, 4) is 0 Å². The van der Waals surface area contributed by atoms with Crippen LogP contribution in [0.4, 0.5) is 4.39 Å². The third-order valence-electron chi connectivity index (χ3n) is 2.15. The molecule has 0 radical (unpaired) electrons. The van der Waals surface area contributed by atoms with Crippen molar-refractivity contribution >= 4 is 5.52 Å². The Kier molecular flexibility index (Phi) is 2.45. The standard InChI is InChI=1S/C10H11FN2O/c11-8-3-1-5-13-9(8)7-12-10(13)4-2-6-14/h1,3,5,7,14H,2,4,6H2. The molecule has 1 N–H and O–H groups in total. The fourth-order valence-corrected chi connectivity index (χ4v) is 1.46. The van der Waals surface area contributed by atoms with Gasteiger partial charge >= 0.3 is 0 Å². The van der Waals surface area contributed by atoms with Gasteiger partial charge < -0.3 is 9.51 Å². The van der Waals surface area contributed by atoms with Gasteiger partial charge in [-0.05, 0) is 18.6 Å². The normalized spacial score (nSPS) is 11.0. The molecule has 0 amide bonds. The Morgan fingerprint density at radius 2 is 2.36 bits per heavy atom. The number of fused-ring (bicyclic) bond motifs is 1. The van der Waals surface area contributed by atoms with Gasteiger partial charge in [0.15, 0.2) is 0 Å². The van der Waals surface area contributed by atoms with Gasteiger partial charge in [0.1, 0.15) is 17.2 Å². The summed E-state index contributed by atoms with van der Waals surface area (Å²) in [5.41, 5.74) is 0.487. The van der Waals surface area contributed by atoms with E-state index in [1.54, 1.807) is 16.7 Å². The van der Waals surface area contributed by atoms with Gasteiger partial charge in [-0.2, -0.15) is 0 Å². The predicted molar refractivity (Wildman–Crippen MR) is 50.6 cm³/mol. The molecule has 0 aliphatic rings. The summed E-state index contributed by atoms with van der Waals surface area (Å²) in [7, 11) is 0. The fourth-order valence-electron chi connectivity index (χ4n) is 1.46. The summed E-state index contributed by atoms with van der Waals surface area (Å²) in [6.45, 7) is 0.129. The van der Waals surface area contributed by atoms with E-state index in [1.807, 2.05) is 0 Å². The maximum Gasteiger partial charge on any atom is 0.148 e. The minimum Gasteiger partial charge on any atom is -0.396 e. The topological polar surface area (TPSA) is 37.5 Å². The number of halogens is 1. The van der Waals surface area contributed by atoms with E-state index in [1.165, 1.54) is 12.3 Å². The molecule has 74 valence electrons. The predicted octanol–water partition coefficient (Wildman–Crippen LogP) is 1.40. The SMILES string of the molecule is OCCCc1ncc2c(F)cccn12. The molecule has 4 heteroatoms. The van der Waals surface area contributed by atoms with Gasteiger partial charge in [-0.3, -0.25) is 0 Å². The largest absolute Gasteiger partial charge is 0.396 e. The average Bonchev–Trinajstić information content (AvgIpc) is 2.60. The molecule has 0 fully saturated rings. The molecule has 2 heterocycles. The van der Waals surface area contributed by atoms with Crippen LogP contribution in [0, 0.1) is 5.82 Å². The van der Waals surface area contributed by atoms with Crippen LogP contribution in [0.2, 0.25) is 0 Å². The first-order chi connectivity index (χ1) is 6.83. The number of aliphatic hydroxyl groups is 1. The van der Waals surface area contributed by atoms with Gasteiger partial charge in [0.05, 0.1) is 6.20 Å². The zero-order valence-electron chi connectivity index (χ0n) is 7.65. The van der Waals surface area contributed by atoms with Crippen molar-refractivity contribution in [2.45, 2.75) is 12.8 Å². The van der Waals surface area contributed by atoms with Crippen LogP contribution in [0.3, 0.4) is 0 Å². The summed E-state index contributed by atoms with van der Waals surface area (Å²) in [5.74, 6) is 0.517. The second kappa shape index (κ2) is 3.75. The number of imidazole rings is 1. The molecule has 0 atom stereocenters. The molecule has 0 aliphatic heterocycles.